The number of ether oxygens (including phenoxy) is 1. The molecule has 1 N–H and O–H groups in total. The number of nitrogens with one attached hydrogen (secondary N) is 1. The van der Waals surface area contributed by atoms with Gasteiger partial charge in [-0.3, -0.25) is 0 Å². The second-order valence-electron chi connectivity index (χ2n) is 5.99. The molecule has 1 aliphatic carbocycles. The van der Waals surface area contributed by atoms with Gasteiger partial charge in [0.25, 0.3) is 0 Å². The van der Waals surface area contributed by atoms with Crippen molar-refractivity contribution in [2.45, 2.75) is 56.9 Å². The first-order valence-corrected chi connectivity index (χ1v) is 7.79. The lowest BCUT2D eigenvalue weighted by atomic mass is 9.83. The van der Waals surface area contributed by atoms with Crippen molar-refractivity contribution < 1.29 is 4.74 Å². The van der Waals surface area contributed by atoms with E-state index < -0.39 is 0 Å². The van der Waals surface area contributed by atoms with Crippen LogP contribution in [-0.2, 0) is 0 Å². The molecule has 0 bridgehead atoms. The number of rotatable bonds is 3. The lowest BCUT2D eigenvalue weighted by Crippen LogP contribution is -2.15. The summed E-state index contributed by atoms with van der Waals surface area (Å²) in [4.78, 5) is 0. The van der Waals surface area contributed by atoms with Crippen molar-refractivity contribution >= 4 is 0 Å². The van der Waals surface area contributed by atoms with Gasteiger partial charge in [0, 0.05) is 11.6 Å². The fourth-order valence-corrected chi connectivity index (χ4v) is 3.67. The molecule has 0 radical (unpaired) electrons. The van der Waals surface area contributed by atoms with Crippen molar-refractivity contribution in [3.8, 4) is 5.75 Å². The molecular weight excluding hydrogens is 234 g/mol. The maximum atomic E-state index is 5.56. The topological polar surface area (TPSA) is 21.3 Å². The predicted molar refractivity (Wildman–Crippen MR) is 78.8 cm³/mol. The molecule has 1 aromatic rings. The van der Waals surface area contributed by atoms with Crippen LogP contribution in [0.15, 0.2) is 18.2 Å². The standard InChI is InChI=1S/C17H25NO/c1-19-17-10-9-14(13-6-3-2-4-7-13)12-15(17)16-8-5-11-18-16/h9-10,12-13,16,18H,2-8,11H2,1H3. The molecule has 1 aliphatic heterocycles. The Morgan fingerprint density at radius 2 is 1.89 bits per heavy atom. The SMILES string of the molecule is COc1ccc(C2CCCCC2)cc1C1CCCN1. The number of methoxy groups -OCH3 is 1. The zero-order chi connectivity index (χ0) is 13.1. The van der Waals surface area contributed by atoms with Gasteiger partial charge < -0.3 is 10.1 Å². The van der Waals surface area contributed by atoms with Gasteiger partial charge in [0.15, 0.2) is 0 Å². The Balaban J connectivity index is 1.87. The van der Waals surface area contributed by atoms with Crippen LogP contribution in [0.2, 0.25) is 0 Å². The van der Waals surface area contributed by atoms with E-state index >= 15 is 0 Å². The van der Waals surface area contributed by atoms with Gasteiger partial charge in [0.05, 0.1) is 7.11 Å². The van der Waals surface area contributed by atoms with Crippen LogP contribution in [0.5, 0.6) is 5.75 Å². The van der Waals surface area contributed by atoms with E-state index in [1.165, 1.54) is 56.1 Å². The van der Waals surface area contributed by atoms with Crippen molar-refractivity contribution in [3.05, 3.63) is 29.3 Å². The first-order valence-electron chi connectivity index (χ1n) is 7.79. The van der Waals surface area contributed by atoms with Crippen molar-refractivity contribution in [1.82, 2.24) is 5.32 Å². The third-order valence-electron chi connectivity index (χ3n) is 4.77. The van der Waals surface area contributed by atoms with Gasteiger partial charge in [-0.1, -0.05) is 31.4 Å². The van der Waals surface area contributed by atoms with Crippen molar-refractivity contribution in [3.63, 3.8) is 0 Å². The van der Waals surface area contributed by atoms with Crippen LogP contribution in [0.25, 0.3) is 0 Å². The van der Waals surface area contributed by atoms with Gasteiger partial charge in [-0.25, -0.2) is 0 Å². The number of benzene rings is 1. The molecule has 1 unspecified atom stereocenters. The molecule has 2 nitrogen and oxygen atoms in total. The maximum Gasteiger partial charge on any atom is 0.123 e. The molecule has 2 heteroatoms. The van der Waals surface area contributed by atoms with Crippen molar-refractivity contribution in [1.29, 1.82) is 0 Å². The van der Waals surface area contributed by atoms with Crippen LogP contribution in [0.4, 0.5) is 0 Å². The fourth-order valence-electron chi connectivity index (χ4n) is 3.67. The van der Waals surface area contributed by atoms with E-state index in [2.05, 4.69) is 23.5 Å². The Morgan fingerprint density at radius 1 is 1.05 bits per heavy atom. The Morgan fingerprint density at radius 3 is 2.58 bits per heavy atom. The normalized spacial score (nSPS) is 24.6. The van der Waals surface area contributed by atoms with Crippen LogP contribution >= 0.6 is 0 Å². The Bertz CT molecular complexity index is 417. The minimum absolute atomic E-state index is 0.499. The van der Waals surface area contributed by atoms with Crippen LogP contribution in [0.3, 0.4) is 0 Å². The molecule has 2 fully saturated rings. The summed E-state index contributed by atoms with van der Waals surface area (Å²) < 4.78 is 5.56. The number of hydrogen-bond donors (Lipinski definition) is 1. The van der Waals surface area contributed by atoms with Crippen LogP contribution in [0, 0.1) is 0 Å². The highest BCUT2D eigenvalue weighted by Crippen LogP contribution is 2.37. The zero-order valence-corrected chi connectivity index (χ0v) is 12.0. The van der Waals surface area contributed by atoms with Gasteiger partial charge in [-0.2, -0.15) is 0 Å². The molecule has 0 amide bonds. The summed E-state index contributed by atoms with van der Waals surface area (Å²) in [6.45, 7) is 1.14. The largest absolute Gasteiger partial charge is 0.496 e. The maximum absolute atomic E-state index is 5.56. The first-order chi connectivity index (χ1) is 9.38. The summed E-state index contributed by atoms with van der Waals surface area (Å²) in [6.07, 6.45) is 9.46. The molecule has 1 atom stereocenters. The fraction of sp³-hybridized carbons (Fsp3) is 0.647. The molecule has 1 saturated carbocycles. The molecule has 0 aromatic heterocycles. The number of hydrogen-bond acceptors (Lipinski definition) is 2. The minimum atomic E-state index is 0.499. The quantitative estimate of drug-likeness (QED) is 0.879. The summed E-state index contributed by atoms with van der Waals surface area (Å²) >= 11 is 0. The average Bonchev–Trinajstić information content (AvgIpc) is 3.01. The zero-order valence-electron chi connectivity index (χ0n) is 12.0. The average molecular weight is 259 g/mol. The summed E-state index contributed by atoms with van der Waals surface area (Å²) in [5.41, 5.74) is 2.91. The monoisotopic (exact) mass is 259 g/mol. The van der Waals surface area contributed by atoms with Crippen LogP contribution in [-0.4, -0.2) is 13.7 Å². The Hall–Kier alpha value is -1.02. The van der Waals surface area contributed by atoms with E-state index in [1.54, 1.807) is 7.11 Å². The second-order valence-corrected chi connectivity index (χ2v) is 5.99. The summed E-state index contributed by atoms with van der Waals surface area (Å²) in [6, 6.07) is 7.38. The third-order valence-corrected chi connectivity index (χ3v) is 4.77. The molecular formula is C17H25NO. The molecule has 2 aliphatic rings. The molecule has 1 saturated heterocycles. The Kier molecular flexibility index (Phi) is 4.07. The van der Waals surface area contributed by atoms with Gasteiger partial charge in [0.1, 0.15) is 5.75 Å². The van der Waals surface area contributed by atoms with Crippen LogP contribution < -0.4 is 10.1 Å². The lowest BCUT2D eigenvalue weighted by molar-refractivity contribution is 0.401. The lowest BCUT2D eigenvalue weighted by Gasteiger charge is -2.24. The molecule has 19 heavy (non-hydrogen) atoms. The van der Waals surface area contributed by atoms with Gasteiger partial charge >= 0.3 is 0 Å². The Labute approximate surface area is 116 Å². The van der Waals surface area contributed by atoms with E-state index in [4.69, 9.17) is 4.74 Å². The van der Waals surface area contributed by atoms with E-state index in [0.29, 0.717) is 6.04 Å². The van der Waals surface area contributed by atoms with E-state index in [-0.39, 0.29) is 0 Å². The molecule has 1 aromatic carbocycles. The van der Waals surface area contributed by atoms with Crippen molar-refractivity contribution in [2.24, 2.45) is 0 Å². The van der Waals surface area contributed by atoms with Crippen LogP contribution in [0.1, 0.15) is 68.0 Å². The smallest absolute Gasteiger partial charge is 0.123 e. The molecule has 104 valence electrons. The first kappa shape index (κ1) is 13.0. The van der Waals surface area contributed by atoms with E-state index in [9.17, 15) is 0 Å². The molecule has 3 rings (SSSR count). The minimum Gasteiger partial charge on any atom is -0.496 e. The summed E-state index contributed by atoms with van der Waals surface area (Å²) in [5, 5.41) is 3.60. The summed E-state index contributed by atoms with van der Waals surface area (Å²) in [5.74, 6) is 1.83. The second kappa shape index (κ2) is 5.96. The third kappa shape index (κ3) is 2.79. The highest BCUT2D eigenvalue weighted by molar-refractivity contribution is 5.41. The van der Waals surface area contributed by atoms with E-state index in [0.717, 1.165) is 18.2 Å². The van der Waals surface area contributed by atoms with E-state index in [1.807, 2.05) is 0 Å². The molecule has 0 spiro atoms. The van der Waals surface area contributed by atoms with Crippen molar-refractivity contribution in [2.75, 3.05) is 13.7 Å². The summed E-state index contributed by atoms with van der Waals surface area (Å²) in [7, 11) is 1.79. The van der Waals surface area contributed by atoms with Gasteiger partial charge in [-0.05, 0) is 49.8 Å². The predicted octanol–water partition coefficient (Wildman–Crippen LogP) is 4.17. The van der Waals surface area contributed by atoms with Gasteiger partial charge in [0.2, 0.25) is 0 Å². The highest BCUT2D eigenvalue weighted by Gasteiger charge is 2.22. The molecule has 1 heterocycles. The van der Waals surface area contributed by atoms with Gasteiger partial charge in [-0.15, -0.1) is 0 Å². The highest BCUT2D eigenvalue weighted by atomic mass is 16.5.